The molecule has 4 rings (SSSR count). The molecule has 7 heteroatoms. The van der Waals surface area contributed by atoms with Crippen LogP contribution in [0.15, 0.2) is 30.6 Å². The number of likely N-dealkylation sites (tertiary alicyclic amines) is 1. The predicted octanol–water partition coefficient (Wildman–Crippen LogP) is 4.00. The normalized spacial score (nSPS) is 19.3. The van der Waals surface area contributed by atoms with E-state index in [0.717, 1.165) is 43.9 Å². The number of piperidine rings is 2. The fourth-order valence-electron chi connectivity index (χ4n) is 3.97. The van der Waals surface area contributed by atoms with Crippen LogP contribution in [0.4, 0.5) is 14.6 Å². The fourth-order valence-corrected chi connectivity index (χ4v) is 3.97. The minimum absolute atomic E-state index is 0.0511. The highest BCUT2D eigenvalue weighted by molar-refractivity contribution is 5.42. The Balaban J connectivity index is 1.39. The third kappa shape index (κ3) is 4.35. The Kier molecular flexibility index (Phi) is 5.48. The van der Waals surface area contributed by atoms with E-state index < -0.39 is 11.6 Å². The Morgan fingerprint density at radius 1 is 0.926 bits per heavy atom. The fraction of sp³-hybridized carbons (Fsp3) is 0.500. The lowest BCUT2D eigenvalue weighted by atomic mass is 10.00. The summed E-state index contributed by atoms with van der Waals surface area (Å²) in [5, 5.41) is 0. The lowest BCUT2D eigenvalue weighted by molar-refractivity contribution is 0.141. The van der Waals surface area contributed by atoms with Crippen molar-refractivity contribution in [3.05, 3.63) is 42.2 Å². The first-order chi connectivity index (χ1) is 13.2. The average Bonchev–Trinajstić information content (AvgIpc) is 2.71. The number of benzene rings is 1. The van der Waals surface area contributed by atoms with Gasteiger partial charge in [-0.3, -0.25) is 0 Å². The average molecular weight is 374 g/mol. The first-order valence-corrected chi connectivity index (χ1v) is 9.63. The van der Waals surface area contributed by atoms with Gasteiger partial charge in [-0.25, -0.2) is 18.7 Å². The summed E-state index contributed by atoms with van der Waals surface area (Å²) in [5.41, 5.74) is 0. The number of halogens is 2. The van der Waals surface area contributed by atoms with Crippen LogP contribution in [0.1, 0.15) is 32.1 Å². The van der Waals surface area contributed by atoms with E-state index in [1.54, 1.807) is 6.07 Å². The zero-order valence-corrected chi connectivity index (χ0v) is 15.3. The molecule has 0 spiro atoms. The van der Waals surface area contributed by atoms with Gasteiger partial charge in [0.1, 0.15) is 18.0 Å². The highest BCUT2D eigenvalue weighted by Crippen LogP contribution is 2.27. The summed E-state index contributed by atoms with van der Waals surface area (Å²) >= 11 is 0. The molecule has 0 bridgehead atoms. The third-order valence-electron chi connectivity index (χ3n) is 5.43. The van der Waals surface area contributed by atoms with Crippen molar-refractivity contribution in [3.8, 4) is 11.6 Å². The maximum atomic E-state index is 13.8. The van der Waals surface area contributed by atoms with Crippen LogP contribution in [-0.2, 0) is 0 Å². The lowest BCUT2D eigenvalue weighted by Crippen LogP contribution is -2.46. The van der Waals surface area contributed by atoms with E-state index in [2.05, 4.69) is 19.8 Å². The van der Waals surface area contributed by atoms with Gasteiger partial charge in [-0.05, 0) is 50.9 Å². The molecule has 0 unspecified atom stereocenters. The molecular formula is C20H24F2N4O. The van der Waals surface area contributed by atoms with E-state index >= 15 is 0 Å². The molecular weight excluding hydrogens is 350 g/mol. The van der Waals surface area contributed by atoms with Gasteiger partial charge in [-0.15, -0.1) is 0 Å². The molecule has 3 heterocycles. The number of anilines is 1. The molecule has 0 atom stereocenters. The molecule has 27 heavy (non-hydrogen) atoms. The van der Waals surface area contributed by atoms with E-state index in [1.807, 2.05) is 0 Å². The van der Waals surface area contributed by atoms with Crippen LogP contribution in [0.2, 0.25) is 0 Å². The Labute approximate surface area is 158 Å². The van der Waals surface area contributed by atoms with Gasteiger partial charge >= 0.3 is 0 Å². The largest absolute Gasteiger partial charge is 0.436 e. The number of ether oxygens (including phenoxy) is 1. The number of rotatable bonds is 4. The first kappa shape index (κ1) is 18.1. The Bertz CT molecular complexity index is 774. The number of aromatic nitrogens is 2. The second-order valence-electron chi connectivity index (χ2n) is 7.21. The molecule has 0 aliphatic carbocycles. The molecule has 1 aromatic heterocycles. The number of nitrogens with zero attached hydrogens (tertiary/aromatic N) is 4. The summed E-state index contributed by atoms with van der Waals surface area (Å²) in [4.78, 5) is 13.2. The molecule has 2 fully saturated rings. The molecule has 2 aliphatic heterocycles. The predicted molar refractivity (Wildman–Crippen MR) is 99.1 cm³/mol. The smallest absolute Gasteiger partial charge is 0.224 e. The molecule has 0 amide bonds. The monoisotopic (exact) mass is 374 g/mol. The van der Waals surface area contributed by atoms with Gasteiger partial charge in [-0.2, -0.15) is 0 Å². The highest BCUT2D eigenvalue weighted by atomic mass is 19.1. The van der Waals surface area contributed by atoms with Gasteiger partial charge in [0.2, 0.25) is 5.88 Å². The van der Waals surface area contributed by atoms with Crippen LogP contribution in [-0.4, -0.2) is 47.1 Å². The van der Waals surface area contributed by atoms with E-state index in [9.17, 15) is 8.78 Å². The minimum Gasteiger partial charge on any atom is -0.436 e. The van der Waals surface area contributed by atoms with Crippen molar-refractivity contribution in [3.63, 3.8) is 0 Å². The Morgan fingerprint density at radius 2 is 1.70 bits per heavy atom. The molecule has 2 aromatic rings. The third-order valence-corrected chi connectivity index (χ3v) is 5.43. The van der Waals surface area contributed by atoms with E-state index in [1.165, 1.54) is 44.7 Å². The van der Waals surface area contributed by atoms with Crippen molar-refractivity contribution in [1.82, 2.24) is 14.9 Å². The molecule has 2 aliphatic rings. The Hall–Kier alpha value is -2.28. The zero-order chi connectivity index (χ0) is 18.6. The van der Waals surface area contributed by atoms with Crippen molar-refractivity contribution < 1.29 is 13.5 Å². The van der Waals surface area contributed by atoms with Gasteiger partial charge in [0.05, 0.1) is 0 Å². The van der Waals surface area contributed by atoms with Crippen molar-refractivity contribution in [2.24, 2.45) is 0 Å². The summed E-state index contributed by atoms with van der Waals surface area (Å²) in [5.74, 6) is -0.412. The first-order valence-electron chi connectivity index (χ1n) is 9.63. The standard InChI is InChI=1S/C20H24F2N4O/c21-15-4-5-18(17(22)12-15)27-20-13-19(23-14-24-20)26-10-6-16(7-11-26)25-8-2-1-3-9-25/h4-5,12-14,16H,1-3,6-11H2. The maximum Gasteiger partial charge on any atom is 0.224 e. The molecule has 0 N–H and O–H groups in total. The van der Waals surface area contributed by atoms with Crippen LogP contribution < -0.4 is 9.64 Å². The van der Waals surface area contributed by atoms with Crippen molar-refractivity contribution >= 4 is 5.82 Å². The van der Waals surface area contributed by atoms with Crippen LogP contribution in [0.5, 0.6) is 11.6 Å². The molecule has 5 nitrogen and oxygen atoms in total. The highest BCUT2D eigenvalue weighted by Gasteiger charge is 2.26. The topological polar surface area (TPSA) is 41.5 Å². The molecule has 1 aromatic carbocycles. The maximum absolute atomic E-state index is 13.8. The van der Waals surface area contributed by atoms with Crippen molar-refractivity contribution in [2.45, 2.75) is 38.1 Å². The van der Waals surface area contributed by atoms with Crippen LogP contribution in [0, 0.1) is 11.6 Å². The van der Waals surface area contributed by atoms with Crippen LogP contribution in [0.25, 0.3) is 0 Å². The molecule has 0 saturated carbocycles. The number of hydrogen-bond acceptors (Lipinski definition) is 5. The molecule has 0 radical (unpaired) electrons. The SMILES string of the molecule is Fc1ccc(Oc2cc(N3CCC(N4CCCCC4)CC3)ncn2)c(F)c1. The van der Waals surface area contributed by atoms with Crippen molar-refractivity contribution in [1.29, 1.82) is 0 Å². The summed E-state index contributed by atoms with van der Waals surface area (Å²) < 4.78 is 32.3. The van der Waals surface area contributed by atoms with Gasteiger partial charge in [0, 0.05) is 31.3 Å². The van der Waals surface area contributed by atoms with E-state index in [0.29, 0.717) is 6.04 Å². The summed E-state index contributed by atoms with van der Waals surface area (Å²) in [6.45, 7) is 4.31. The number of hydrogen-bond donors (Lipinski definition) is 0. The lowest BCUT2D eigenvalue weighted by Gasteiger charge is -2.40. The molecule has 2 saturated heterocycles. The van der Waals surface area contributed by atoms with Crippen molar-refractivity contribution in [2.75, 3.05) is 31.1 Å². The zero-order valence-electron chi connectivity index (χ0n) is 15.3. The van der Waals surface area contributed by atoms with Gasteiger partial charge in [0.15, 0.2) is 11.6 Å². The second-order valence-corrected chi connectivity index (χ2v) is 7.21. The molecule has 144 valence electrons. The Morgan fingerprint density at radius 3 is 2.44 bits per heavy atom. The van der Waals surface area contributed by atoms with E-state index in [-0.39, 0.29) is 11.6 Å². The summed E-state index contributed by atoms with van der Waals surface area (Å²) in [6, 6.07) is 5.59. The summed E-state index contributed by atoms with van der Waals surface area (Å²) in [7, 11) is 0. The minimum atomic E-state index is -0.752. The summed E-state index contributed by atoms with van der Waals surface area (Å²) in [6.07, 6.45) is 7.63. The van der Waals surface area contributed by atoms with E-state index in [4.69, 9.17) is 4.74 Å². The second kappa shape index (κ2) is 8.17. The van der Waals surface area contributed by atoms with Gasteiger partial charge in [-0.1, -0.05) is 6.42 Å². The quantitative estimate of drug-likeness (QED) is 0.809. The van der Waals surface area contributed by atoms with Crippen LogP contribution >= 0.6 is 0 Å². The van der Waals surface area contributed by atoms with Gasteiger partial charge in [0.25, 0.3) is 0 Å². The van der Waals surface area contributed by atoms with Crippen LogP contribution in [0.3, 0.4) is 0 Å². The van der Waals surface area contributed by atoms with Gasteiger partial charge < -0.3 is 14.5 Å².